The van der Waals surface area contributed by atoms with Crippen LogP contribution < -0.4 is 5.32 Å². The van der Waals surface area contributed by atoms with Gasteiger partial charge in [0.05, 0.1) is 6.42 Å². The van der Waals surface area contributed by atoms with Gasteiger partial charge in [0.25, 0.3) is 0 Å². The maximum atomic E-state index is 13.4. The number of carbonyl (C=O) groups is 5. The molecule has 4 aliphatic carbocycles. The van der Waals surface area contributed by atoms with E-state index in [-0.39, 0.29) is 30.0 Å². The number of esters is 1. The summed E-state index contributed by atoms with van der Waals surface area (Å²) in [5.74, 6) is -1.94. The largest absolute Gasteiger partial charge is 0.479 e. The van der Waals surface area contributed by atoms with Crippen molar-refractivity contribution in [3.63, 3.8) is 0 Å². The molecule has 5 rings (SSSR count). The van der Waals surface area contributed by atoms with Crippen molar-refractivity contribution >= 4 is 29.4 Å². The zero-order chi connectivity index (χ0) is 30.3. The van der Waals surface area contributed by atoms with Gasteiger partial charge in [-0.3, -0.25) is 19.2 Å². The Bertz CT molecular complexity index is 1310. The van der Waals surface area contributed by atoms with Crippen LogP contribution in [0.2, 0.25) is 0 Å². The number of allylic oxidation sites excluding steroid dienone is 1. The van der Waals surface area contributed by atoms with E-state index in [9.17, 15) is 34.2 Å². The molecule has 0 heterocycles. The minimum Gasteiger partial charge on any atom is -0.479 e. The van der Waals surface area contributed by atoms with Crippen molar-refractivity contribution in [3.05, 3.63) is 47.5 Å². The number of carboxylic acid groups (broad SMARTS) is 1. The number of amides is 1. The molecule has 3 saturated carbocycles. The molecule has 1 aromatic carbocycles. The average molecular weight is 580 g/mol. The van der Waals surface area contributed by atoms with Gasteiger partial charge in [-0.1, -0.05) is 49.8 Å². The van der Waals surface area contributed by atoms with Crippen molar-refractivity contribution in [2.75, 3.05) is 6.61 Å². The van der Waals surface area contributed by atoms with Gasteiger partial charge < -0.3 is 20.3 Å². The minimum atomic E-state index is -1.59. The molecule has 0 bridgehead atoms. The number of fused-ring (bicyclic) bond motifs is 5. The van der Waals surface area contributed by atoms with Gasteiger partial charge in [-0.2, -0.15) is 0 Å². The highest BCUT2D eigenvalue weighted by atomic mass is 16.5. The van der Waals surface area contributed by atoms with E-state index in [4.69, 9.17) is 4.74 Å². The summed E-state index contributed by atoms with van der Waals surface area (Å²) in [4.78, 5) is 61.9. The Balaban J connectivity index is 1.16. The summed E-state index contributed by atoms with van der Waals surface area (Å²) < 4.78 is 5.21. The van der Waals surface area contributed by atoms with Crippen LogP contribution in [0.4, 0.5) is 0 Å². The van der Waals surface area contributed by atoms with Gasteiger partial charge in [0, 0.05) is 18.3 Å². The minimum absolute atomic E-state index is 0.00370. The maximum absolute atomic E-state index is 13.4. The third-order valence-electron chi connectivity index (χ3n) is 11.2. The summed E-state index contributed by atoms with van der Waals surface area (Å²) in [5, 5.41) is 23.7. The van der Waals surface area contributed by atoms with E-state index in [1.54, 1.807) is 30.3 Å². The Hall–Kier alpha value is -3.33. The highest BCUT2D eigenvalue weighted by Gasteiger charge is 2.66. The van der Waals surface area contributed by atoms with Crippen molar-refractivity contribution in [2.45, 2.75) is 89.7 Å². The van der Waals surface area contributed by atoms with Gasteiger partial charge in [0.1, 0.15) is 5.60 Å². The van der Waals surface area contributed by atoms with Crippen LogP contribution in [0.15, 0.2) is 42.0 Å². The lowest BCUT2D eigenvalue weighted by molar-refractivity contribution is -0.170. The van der Waals surface area contributed by atoms with Crippen molar-refractivity contribution in [1.29, 1.82) is 0 Å². The Morgan fingerprint density at radius 2 is 1.69 bits per heavy atom. The van der Waals surface area contributed by atoms with Gasteiger partial charge in [-0.25, -0.2) is 4.79 Å². The van der Waals surface area contributed by atoms with Crippen LogP contribution in [-0.4, -0.2) is 51.8 Å². The molecule has 1 aromatic rings. The van der Waals surface area contributed by atoms with Crippen LogP contribution in [0, 0.1) is 28.6 Å². The topological polar surface area (TPSA) is 147 Å². The smallest absolute Gasteiger partial charge is 0.330 e. The highest BCUT2D eigenvalue weighted by molar-refractivity contribution is 5.92. The van der Waals surface area contributed by atoms with Crippen LogP contribution in [0.1, 0.15) is 89.7 Å². The van der Waals surface area contributed by atoms with E-state index < -0.39 is 47.3 Å². The number of aliphatic carboxylic acids is 1. The number of rotatable bonds is 9. The number of aliphatic hydroxyl groups is 1. The molecule has 1 amide bonds. The van der Waals surface area contributed by atoms with Gasteiger partial charge in [-0.15, -0.1) is 0 Å². The summed E-state index contributed by atoms with van der Waals surface area (Å²) in [5.41, 5.74) is -0.541. The summed E-state index contributed by atoms with van der Waals surface area (Å²) in [6.07, 6.45) is 7.15. The Morgan fingerprint density at radius 3 is 2.40 bits per heavy atom. The van der Waals surface area contributed by atoms with Gasteiger partial charge in [0.2, 0.25) is 11.7 Å². The molecule has 9 heteroatoms. The van der Waals surface area contributed by atoms with Gasteiger partial charge in [-0.05, 0) is 79.8 Å². The van der Waals surface area contributed by atoms with E-state index in [1.165, 1.54) is 5.57 Å². The SMILES string of the molecule is C[C@]12CCC(=O)C=C1CC[C@@H]1[C@@H]2CC[C@@]2(C)[C@H]1CC[C@]2(O)C(=O)COC(=O)CCC(=O)NC(C(=O)O)c1ccccc1. The molecule has 42 heavy (non-hydrogen) atoms. The van der Waals surface area contributed by atoms with Crippen molar-refractivity contribution in [3.8, 4) is 0 Å². The monoisotopic (exact) mass is 579 g/mol. The number of hydrogen-bond acceptors (Lipinski definition) is 7. The molecule has 1 unspecified atom stereocenters. The lowest BCUT2D eigenvalue weighted by Gasteiger charge is -2.58. The summed E-state index contributed by atoms with van der Waals surface area (Å²) in [6, 6.07) is 7.00. The Morgan fingerprint density at radius 1 is 0.976 bits per heavy atom. The standard InChI is InChI=1S/C33H41NO8/c1-31-15-12-22(35)18-21(31)8-9-23-24(31)13-16-32(2)25(23)14-17-33(32,41)26(36)19-42-28(38)11-10-27(37)34-29(30(39)40)20-6-4-3-5-7-20/h3-7,18,23-25,29,41H,8-17,19H2,1-2H3,(H,34,37)(H,39,40)/t23-,24+,25+,29?,31+,32+,33+/m1/s1. The number of hydrogen-bond donors (Lipinski definition) is 3. The Labute approximate surface area is 246 Å². The number of Topliss-reactive ketones (excluding diaryl/α,β-unsaturated/α-hetero) is 1. The molecule has 3 fully saturated rings. The zero-order valence-electron chi connectivity index (χ0n) is 24.4. The molecule has 0 spiro atoms. The Kier molecular flexibility index (Phi) is 8.18. The quantitative estimate of drug-likeness (QED) is 0.371. The second-order valence-corrected chi connectivity index (χ2v) is 13.2. The normalized spacial score (nSPS) is 34.2. The van der Waals surface area contributed by atoms with Crippen molar-refractivity contribution in [1.82, 2.24) is 5.32 Å². The maximum Gasteiger partial charge on any atom is 0.330 e. The number of benzene rings is 1. The second-order valence-electron chi connectivity index (χ2n) is 13.2. The van der Waals surface area contributed by atoms with Crippen LogP contribution in [0.3, 0.4) is 0 Å². The fourth-order valence-corrected chi connectivity index (χ4v) is 8.75. The zero-order valence-corrected chi connectivity index (χ0v) is 24.4. The lowest BCUT2D eigenvalue weighted by atomic mass is 9.46. The predicted octanol–water partition coefficient (Wildman–Crippen LogP) is 4.08. The third-order valence-corrected chi connectivity index (χ3v) is 11.2. The number of carboxylic acids is 1. The molecule has 0 saturated heterocycles. The molecule has 226 valence electrons. The first-order valence-corrected chi connectivity index (χ1v) is 15.1. The van der Waals surface area contributed by atoms with Crippen LogP contribution >= 0.6 is 0 Å². The average Bonchev–Trinajstić information content (AvgIpc) is 3.25. The molecule has 4 aliphatic rings. The molecule has 0 aliphatic heterocycles. The summed E-state index contributed by atoms with van der Waals surface area (Å²) in [7, 11) is 0. The van der Waals surface area contributed by atoms with Crippen LogP contribution in [0.5, 0.6) is 0 Å². The fraction of sp³-hybridized carbons (Fsp3) is 0.606. The first kappa shape index (κ1) is 30.1. The molecule has 9 nitrogen and oxygen atoms in total. The van der Waals surface area contributed by atoms with E-state index >= 15 is 0 Å². The first-order valence-electron chi connectivity index (χ1n) is 15.1. The molecule has 7 atom stereocenters. The summed E-state index contributed by atoms with van der Waals surface area (Å²) >= 11 is 0. The number of nitrogens with one attached hydrogen (secondary N) is 1. The number of ether oxygens (including phenoxy) is 1. The molecule has 0 aromatic heterocycles. The van der Waals surface area contributed by atoms with E-state index in [2.05, 4.69) is 12.2 Å². The fourth-order valence-electron chi connectivity index (χ4n) is 8.75. The lowest BCUT2D eigenvalue weighted by Crippen LogP contribution is -2.58. The molecular weight excluding hydrogens is 538 g/mol. The van der Waals surface area contributed by atoms with E-state index in [1.807, 2.05) is 13.0 Å². The first-order chi connectivity index (χ1) is 19.9. The van der Waals surface area contributed by atoms with E-state index in [0.717, 1.165) is 32.1 Å². The summed E-state index contributed by atoms with van der Waals surface area (Å²) in [6.45, 7) is 3.73. The molecule has 0 radical (unpaired) electrons. The predicted molar refractivity (Wildman–Crippen MR) is 152 cm³/mol. The number of carbonyl (C=O) groups excluding carboxylic acids is 4. The van der Waals surface area contributed by atoms with Crippen LogP contribution in [0.25, 0.3) is 0 Å². The molecule has 3 N–H and O–H groups in total. The third kappa shape index (κ3) is 5.21. The van der Waals surface area contributed by atoms with Crippen molar-refractivity contribution < 1.29 is 38.9 Å². The highest BCUT2D eigenvalue weighted by Crippen LogP contribution is 2.67. The van der Waals surface area contributed by atoms with Gasteiger partial charge in [0.15, 0.2) is 18.4 Å². The van der Waals surface area contributed by atoms with E-state index in [0.29, 0.717) is 36.7 Å². The van der Waals surface area contributed by atoms with Gasteiger partial charge >= 0.3 is 11.9 Å². The number of ketones is 2. The van der Waals surface area contributed by atoms with Crippen LogP contribution in [-0.2, 0) is 28.7 Å². The second kappa shape index (κ2) is 11.4. The van der Waals surface area contributed by atoms with Crippen molar-refractivity contribution in [2.24, 2.45) is 28.6 Å². The molecular formula is C33H41NO8.